The van der Waals surface area contributed by atoms with E-state index in [1.54, 1.807) is 0 Å². The normalized spacial score (nSPS) is 28.5. The fraction of sp³-hybridized carbons (Fsp3) is 0.636. The molecule has 5 N–H and O–H groups in total. The summed E-state index contributed by atoms with van der Waals surface area (Å²) in [6.45, 7) is -0.950. The number of hydrogen-bond donors (Lipinski definition) is 4. The van der Waals surface area contributed by atoms with Crippen molar-refractivity contribution >= 4 is 52.5 Å². The molecule has 21 heteroatoms. The standard InChI is InChI=1S/C11H18Cl2N3O13P3/c1-24-30(19,20)28-32(23,25-2)29-31(21,22)26-5-6-8(17)11(12,13)9(27-6)16-4-3-7(14)15-10(16)18/h3-4,6,8-9,17H,5H2,1-2H3,(H,19,20)(H,21,22)(H2,14,15,18)/t6-,8-,9-,32?/m1/s1. The van der Waals surface area contributed by atoms with Gasteiger partial charge in [-0.25, -0.2) is 18.5 Å². The number of aliphatic hydroxyl groups excluding tert-OH is 1. The van der Waals surface area contributed by atoms with E-state index in [4.69, 9.17) is 33.7 Å². The van der Waals surface area contributed by atoms with Crippen molar-refractivity contribution in [2.75, 3.05) is 26.6 Å². The van der Waals surface area contributed by atoms with Gasteiger partial charge in [0.2, 0.25) is 0 Å². The molecule has 3 unspecified atom stereocenters. The molecule has 1 aromatic heterocycles. The molecule has 0 saturated carbocycles. The number of alkyl halides is 2. The topological polar surface area (TPSA) is 228 Å². The largest absolute Gasteiger partial charge is 0.492 e. The molecule has 1 fully saturated rings. The van der Waals surface area contributed by atoms with Gasteiger partial charge in [-0.15, -0.1) is 0 Å². The fourth-order valence-electron chi connectivity index (χ4n) is 2.27. The predicted molar refractivity (Wildman–Crippen MR) is 107 cm³/mol. The number of rotatable bonds is 10. The van der Waals surface area contributed by atoms with Crippen LogP contribution >= 0.6 is 46.7 Å². The molecule has 0 aliphatic carbocycles. The van der Waals surface area contributed by atoms with Crippen LogP contribution in [0.5, 0.6) is 0 Å². The van der Waals surface area contributed by atoms with Gasteiger partial charge in [-0.3, -0.25) is 18.1 Å². The summed E-state index contributed by atoms with van der Waals surface area (Å²) in [4.78, 5) is 34.5. The number of nitrogens with zero attached hydrogens (tertiary/aromatic N) is 2. The molecule has 184 valence electrons. The Kier molecular flexibility index (Phi) is 8.75. The zero-order valence-electron chi connectivity index (χ0n) is 16.1. The SMILES string of the molecule is COP(=O)(O)OP(=O)(OC)OP(=O)(O)OC[C@H]1O[C@@H](n2ccc(N)nc2=O)C(Cl)(Cl)[C@@H]1O. The van der Waals surface area contributed by atoms with E-state index in [2.05, 4.69) is 27.2 Å². The zero-order chi connectivity index (χ0) is 24.5. The highest BCUT2D eigenvalue weighted by Crippen LogP contribution is 2.69. The monoisotopic (exact) mass is 563 g/mol. The molecule has 2 rings (SSSR count). The highest BCUT2D eigenvalue weighted by molar-refractivity contribution is 7.67. The van der Waals surface area contributed by atoms with Gasteiger partial charge >= 0.3 is 29.2 Å². The molecular formula is C11H18Cl2N3O13P3. The number of halogens is 2. The lowest BCUT2D eigenvalue weighted by Gasteiger charge is -2.24. The third-order valence-corrected chi connectivity index (χ3v) is 9.20. The van der Waals surface area contributed by atoms with Crippen molar-refractivity contribution in [3.05, 3.63) is 22.7 Å². The van der Waals surface area contributed by atoms with Crippen LogP contribution in [0, 0.1) is 0 Å². The summed E-state index contributed by atoms with van der Waals surface area (Å²) >= 11 is 12.2. The Balaban J connectivity index is 2.14. The van der Waals surface area contributed by atoms with Crippen LogP contribution in [0.2, 0.25) is 0 Å². The Hall–Kier alpha value is -0.410. The number of aliphatic hydroxyl groups is 1. The first-order chi connectivity index (χ1) is 14.6. The lowest BCUT2D eigenvalue weighted by molar-refractivity contribution is -0.0452. The van der Waals surface area contributed by atoms with E-state index in [1.165, 1.54) is 6.07 Å². The molecule has 6 atom stereocenters. The Bertz CT molecular complexity index is 1040. The summed E-state index contributed by atoms with van der Waals surface area (Å²) in [6.07, 6.45) is -3.68. The van der Waals surface area contributed by atoms with Crippen LogP contribution in [0.1, 0.15) is 6.23 Å². The van der Waals surface area contributed by atoms with E-state index in [0.29, 0.717) is 7.11 Å². The second kappa shape index (κ2) is 10.1. The van der Waals surface area contributed by atoms with Crippen molar-refractivity contribution in [3.8, 4) is 0 Å². The van der Waals surface area contributed by atoms with Gasteiger partial charge in [0.25, 0.3) is 0 Å². The first-order valence-electron chi connectivity index (χ1n) is 8.06. The lowest BCUT2D eigenvalue weighted by atomic mass is 10.2. The van der Waals surface area contributed by atoms with Crippen molar-refractivity contribution in [1.82, 2.24) is 9.55 Å². The van der Waals surface area contributed by atoms with E-state index in [0.717, 1.165) is 17.9 Å². The fourth-order valence-corrected chi connectivity index (χ4v) is 6.60. The van der Waals surface area contributed by atoms with Gasteiger partial charge < -0.3 is 25.4 Å². The van der Waals surface area contributed by atoms with Crippen LogP contribution in [0.15, 0.2) is 17.1 Å². The molecule has 0 radical (unpaired) electrons. The van der Waals surface area contributed by atoms with Crippen molar-refractivity contribution < 1.29 is 55.5 Å². The van der Waals surface area contributed by atoms with Crippen LogP contribution in [-0.2, 0) is 40.6 Å². The number of phosphoric ester groups is 2. The molecule has 0 aromatic carbocycles. The number of ether oxygens (including phenoxy) is 1. The summed E-state index contributed by atoms with van der Waals surface area (Å²) in [5.74, 6) is -0.108. The zero-order valence-corrected chi connectivity index (χ0v) is 20.3. The van der Waals surface area contributed by atoms with E-state index in [1.807, 2.05) is 0 Å². The van der Waals surface area contributed by atoms with Crippen molar-refractivity contribution in [3.63, 3.8) is 0 Å². The second-order valence-electron chi connectivity index (χ2n) is 5.90. The van der Waals surface area contributed by atoms with E-state index < -0.39 is 58.5 Å². The third-order valence-electron chi connectivity index (χ3n) is 3.75. The highest BCUT2D eigenvalue weighted by atomic mass is 35.5. The van der Waals surface area contributed by atoms with Crippen LogP contribution < -0.4 is 11.4 Å². The quantitative estimate of drug-likeness (QED) is 0.229. The summed E-state index contributed by atoms with van der Waals surface area (Å²) < 4.78 is 60.8. The summed E-state index contributed by atoms with van der Waals surface area (Å²) in [6, 6.07) is 1.22. The number of phosphoric acid groups is 3. The van der Waals surface area contributed by atoms with Crippen LogP contribution in [-0.4, -0.2) is 61.8 Å². The maximum absolute atomic E-state index is 12.2. The second-order valence-corrected chi connectivity index (χ2v) is 12.4. The third kappa shape index (κ3) is 6.59. The Labute approximate surface area is 189 Å². The van der Waals surface area contributed by atoms with Crippen molar-refractivity contribution in [2.24, 2.45) is 0 Å². The number of anilines is 1. The van der Waals surface area contributed by atoms with Crippen LogP contribution in [0.25, 0.3) is 0 Å². The van der Waals surface area contributed by atoms with Gasteiger partial charge in [0.15, 0.2) is 10.6 Å². The summed E-state index contributed by atoms with van der Waals surface area (Å²) in [7, 11) is -14.0. The predicted octanol–water partition coefficient (Wildman–Crippen LogP) is 0.909. The van der Waals surface area contributed by atoms with Gasteiger partial charge in [0, 0.05) is 20.4 Å². The molecule has 0 bridgehead atoms. The molecule has 16 nitrogen and oxygen atoms in total. The number of hydrogen-bond acceptors (Lipinski definition) is 13. The van der Waals surface area contributed by atoms with Gasteiger partial charge in [-0.05, 0) is 6.07 Å². The molecule has 0 spiro atoms. The van der Waals surface area contributed by atoms with Gasteiger partial charge in [0.05, 0.1) is 6.61 Å². The van der Waals surface area contributed by atoms with E-state index >= 15 is 0 Å². The first kappa shape index (κ1) is 27.8. The summed E-state index contributed by atoms with van der Waals surface area (Å²) in [5, 5.41) is 10.3. The van der Waals surface area contributed by atoms with Crippen molar-refractivity contribution in [1.29, 1.82) is 0 Å². The van der Waals surface area contributed by atoms with E-state index in [-0.39, 0.29) is 5.82 Å². The molecule has 1 aromatic rings. The maximum atomic E-state index is 12.2. The molecule has 2 heterocycles. The number of nitrogens with two attached hydrogens (primary N) is 1. The minimum Gasteiger partial charge on any atom is -0.387 e. The Morgan fingerprint density at radius 2 is 1.81 bits per heavy atom. The summed E-state index contributed by atoms with van der Waals surface area (Å²) in [5.41, 5.74) is 4.47. The average molecular weight is 564 g/mol. The minimum absolute atomic E-state index is 0.108. The highest BCUT2D eigenvalue weighted by Gasteiger charge is 2.56. The van der Waals surface area contributed by atoms with Gasteiger partial charge in [-0.1, -0.05) is 23.2 Å². The smallest absolute Gasteiger partial charge is 0.387 e. The first-order valence-corrected chi connectivity index (χ1v) is 13.3. The van der Waals surface area contributed by atoms with Gasteiger partial charge in [-0.2, -0.15) is 13.6 Å². The van der Waals surface area contributed by atoms with Crippen molar-refractivity contribution in [2.45, 2.75) is 22.8 Å². The minimum atomic E-state index is -5.33. The molecular weight excluding hydrogens is 546 g/mol. The molecule has 1 saturated heterocycles. The molecule has 32 heavy (non-hydrogen) atoms. The lowest BCUT2D eigenvalue weighted by Crippen LogP contribution is -2.40. The van der Waals surface area contributed by atoms with E-state index in [9.17, 15) is 33.4 Å². The maximum Gasteiger partial charge on any atom is 0.492 e. The number of aromatic nitrogens is 2. The van der Waals surface area contributed by atoms with Crippen LogP contribution in [0.4, 0.5) is 5.82 Å². The van der Waals surface area contributed by atoms with Crippen LogP contribution in [0.3, 0.4) is 0 Å². The van der Waals surface area contributed by atoms with Gasteiger partial charge in [0.1, 0.15) is 18.0 Å². The molecule has 1 aliphatic heterocycles. The Morgan fingerprint density at radius 3 is 2.34 bits per heavy atom. The Morgan fingerprint density at radius 1 is 1.22 bits per heavy atom. The number of nitrogen functional groups attached to an aromatic ring is 1. The molecule has 1 aliphatic rings. The average Bonchev–Trinajstić information content (AvgIpc) is 2.89. The molecule has 0 amide bonds.